The molecule has 0 atom stereocenters. The number of carboxylic acids is 1. The monoisotopic (exact) mass is 219 g/mol. The quantitative estimate of drug-likeness (QED) is 0.848. The van der Waals surface area contributed by atoms with Gasteiger partial charge in [0.1, 0.15) is 0 Å². The number of hydrogen-bond acceptors (Lipinski definition) is 2. The average molecular weight is 219 g/mol. The minimum Gasteiger partial charge on any atom is -0.478 e. The summed E-state index contributed by atoms with van der Waals surface area (Å²) in [7, 11) is 0. The molecule has 0 saturated carbocycles. The zero-order valence-electron chi connectivity index (χ0n) is 7.58. The summed E-state index contributed by atoms with van der Waals surface area (Å²) in [6, 6.07) is 2.52. The first-order valence-electron chi connectivity index (χ1n) is 4.13. The number of rotatable bonds is 3. The van der Waals surface area contributed by atoms with E-state index in [2.05, 4.69) is 4.98 Å². The van der Waals surface area contributed by atoms with E-state index in [1.165, 1.54) is 12.1 Å². The van der Waals surface area contributed by atoms with Crippen LogP contribution in [0.4, 0.5) is 13.2 Å². The van der Waals surface area contributed by atoms with Crippen molar-refractivity contribution in [1.29, 1.82) is 0 Å². The van der Waals surface area contributed by atoms with Gasteiger partial charge < -0.3 is 5.11 Å². The number of alkyl halides is 3. The maximum absolute atomic E-state index is 11.8. The lowest BCUT2D eigenvalue weighted by Gasteiger charge is -2.05. The van der Waals surface area contributed by atoms with E-state index in [4.69, 9.17) is 5.11 Å². The van der Waals surface area contributed by atoms with Crippen molar-refractivity contribution in [3.63, 3.8) is 0 Å². The molecule has 82 valence electrons. The number of aryl methyl sites for hydroxylation is 1. The van der Waals surface area contributed by atoms with E-state index in [0.29, 0.717) is 0 Å². The number of aromatic carboxylic acids is 1. The van der Waals surface area contributed by atoms with Gasteiger partial charge in [-0.25, -0.2) is 4.79 Å². The van der Waals surface area contributed by atoms with E-state index in [1.807, 2.05) is 0 Å². The van der Waals surface area contributed by atoms with Crippen LogP contribution in [-0.4, -0.2) is 22.2 Å². The number of carboxylic acid groups (broad SMARTS) is 1. The Hall–Kier alpha value is -1.59. The van der Waals surface area contributed by atoms with Crippen LogP contribution in [0.1, 0.15) is 22.5 Å². The summed E-state index contributed by atoms with van der Waals surface area (Å²) in [5.74, 6) is -1.15. The van der Waals surface area contributed by atoms with Crippen LogP contribution in [-0.2, 0) is 6.42 Å². The third-order valence-corrected chi connectivity index (χ3v) is 1.74. The molecule has 0 unspecified atom stereocenters. The molecule has 0 radical (unpaired) electrons. The third-order valence-electron chi connectivity index (χ3n) is 1.74. The fourth-order valence-electron chi connectivity index (χ4n) is 0.969. The number of aromatic nitrogens is 1. The Morgan fingerprint density at radius 3 is 2.47 bits per heavy atom. The standard InChI is InChI=1S/C9H8F3NO2/c10-9(11,12)4-3-7-2-1-6(5-13-7)8(14)15/h1-2,5H,3-4H2,(H,14,15). The van der Waals surface area contributed by atoms with Crippen LogP contribution in [0.25, 0.3) is 0 Å². The predicted octanol–water partition coefficient (Wildman–Crippen LogP) is 2.27. The fourth-order valence-corrected chi connectivity index (χ4v) is 0.969. The maximum Gasteiger partial charge on any atom is 0.389 e. The summed E-state index contributed by atoms with van der Waals surface area (Å²) < 4.78 is 35.5. The van der Waals surface area contributed by atoms with Crippen molar-refractivity contribution >= 4 is 5.97 Å². The molecule has 3 nitrogen and oxygen atoms in total. The highest BCUT2D eigenvalue weighted by molar-refractivity contribution is 5.87. The van der Waals surface area contributed by atoms with Gasteiger partial charge in [-0.05, 0) is 18.6 Å². The lowest BCUT2D eigenvalue weighted by atomic mass is 10.2. The fraction of sp³-hybridized carbons (Fsp3) is 0.333. The van der Waals surface area contributed by atoms with Crippen molar-refractivity contribution < 1.29 is 23.1 Å². The molecule has 15 heavy (non-hydrogen) atoms. The minimum absolute atomic E-state index is 0.0363. The van der Waals surface area contributed by atoms with Gasteiger partial charge in [-0.3, -0.25) is 4.98 Å². The third kappa shape index (κ3) is 3.97. The number of halogens is 3. The van der Waals surface area contributed by atoms with E-state index < -0.39 is 18.6 Å². The van der Waals surface area contributed by atoms with Crippen LogP contribution in [0.15, 0.2) is 18.3 Å². The first kappa shape index (κ1) is 11.5. The Balaban J connectivity index is 2.61. The molecular formula is C9H8F3NO2. The molecule has 0 aliphatic heterocycles. The van der Waals surface area contributed by atoms with E-state index in [0.717, 1.165) is 6.20 Å². The summed E-state index contributed by atoms with van der Waals surface area (Å²) >= 11 is 0. The van der Waals surface area contributed by atoms with Crippen LogP contribution in [0.3, 0.4) is 0 Å². The van der Waals surface area contributed by atoms with Gasteiger partial charge in [0.05, 0.1) is 5.56 Å². The Bertz CT molecular complexity index is 345. The molecule has 0 saturated heterocycles. The Morgan fingerprint density at radius 1 is 1.40 bits per heavy atom. The normalized spacial score (nSPS) is 11.4. The molecule has 1 heterocycles. The van der Waals surface area contributed by atoms with E-state index in [1.54, 1.807) is 0 Å². The molecular weight excluding hydrogens is 211 g/mol. The van der Waals surface area contributed by atoms with Gasteiger partial charge >= 0.3 is 12.1 Å². The van der Waals surface area contributed by atoms with Gasteiger partial charge in [0, 0.05) is 18.3 Å². The maximum atomic E-state index is 11.8. The van der Waals surface area contributed by atoms with Gasteiger partial charge in [0.25, 0.3) is 0 Å². The molecule has 0 aliphatic carbocycles. The number of pyridine rings is 1. The molecule has 6 heteroatoms. The minimum atomic E-state index is -4.22. The second-order valence-corrected chi connectivity index (χ2v) is 2.96. The van der Waals surface area contributed by atoms with Crippen molar-refractivity contribution in [2.45, 2.75) is 19.0 Å². The van der Waals surface area contributed by atoms with Crippen molar-refractivity contribution in [1.82, 2.24) is 4.98 Å². The van der Waals surface area contributed by atoms with Crippen LogP contribution in [0.2, 0.25) is 0 Å². The SMILES string of the molecule is O=C(O)c1ccc(CCC(F)(F)F)nc1. The van der Waals surface area contributed by atoms with Crippen LogP contribution in [0.5, 0.6) is 0 Å². The van der Waals surface area contributed by atoms with Crippen molar-refractivity contribution in [2.75, 3.05) is 0 Å². The van der Waals surface area contributed by atoms with Gasteiger partial charge in [0.15, 0.2) is 0 Å². The first-order valence-corrected chi connectivity index (χ1v) is 4.13. The lowest BCUT2D eigenvalue weighted by Crippen LogP contribution is -2.09. The highest BCUT2D eigenvalue weighted by atomic mass is 19.4. The second-order valence-electron chi connectivity index (χ2n) is 2.96. The van der Waals surface area contributed by atoms with Crippen LogP contribution >= 0.6 is 0 Å². The molecule has 0 amide bonds. The van der Waals surface area contributed by atoms with Crippen LogP contribution < -0.4 is 0 Å². The Labute approximate surface area is 83.6 Å². The smallest absolute Gasteiger partial charge is 0.389 e. The summed E-state index contributed by atoms with van der Waals surface area (Å²) in [6.45, 7) is 0. The van der Waals surface area contributed by atoms with Crippen molar-refractivity contribution in [3.05, 3.63) is 29.6 Å². The lowest BCUT2D eigenvalue weighted by molar-refractivity contribution is -0.134. The van der Waals surface area contributed by atoms with E-state index in [9.17, 15) is 18.0 Å². The Kier molecular flexibility index (Phi) is 3.28. The molecule has 1 aromatic rings. The highest BCUT2D eigenvalue weighted by Crippen LogP contribution is 2.21. The van der Waals surface area contributed by atoms with Crippen molar-refractivity contribution in [3.8, 4) is 0 Å². The number of hydrogen-bond donors (Lipinski definition) is 1. The molecule has 1 rings (SSSR count). The zero-order valence-corrected chi connectivity index (χ0v) is 7.58. The first-order chi connectivity index (χ1) is 6.88. The average Bonchev–Trinajstić information content (AvgIpc) is 2.14. The number of carbonyl (C=O) groups is 1. The Morgan fingerprint density at radius 2 is 2.07 bits per heavy atom. The highest BCUT2D eigenvalue weighted by Gasteiger charge is 2.26. The summed E-state index contributed by atoms with van der Waals surface area (Å²) in [4.78, 5) is 14.0. The molecule has 0 bridgehead atoms. The van der Waals surface area contributed by atoms with E-state index >= 15 is 0 Å². The molecule has 0 spiro atoms. The predicted molar refractivity (Wildman–Crippen MR) is 45.6 cm³/mol. The second kappa shape index (κ2) is 4.29. The molecule has 1 aromatic heterocycles. The summed E-state index contributed by atoms with van der Waals surface area (Å²) in [5.41, 5.74) is 0.197. The zero-order chi connectivity index (χ0) is 11.5. The molecule has 1 N–H and O–H groups in total. The molecule has 0 fully saturated rings. The molecule has 0 aromatic carbocycles. The largest absolute Gasteiger partial charge is 0.478 e. The van der Waals surface area contributed by atoms with Gasteiger partial charge in [-0.1, -0.05) is 0 Å². The summed E-state index contributed by atoms with van der Waals surface area (Å²) in [6.07, 6.45) is -4.35. The van der Waals surface area contributed by atoms with Gasteiger partial charge in [-0.2, -0.15) is 13.2 Å². The topological polar surface area (TPSA) is 50.2 Å². The van der Waals surface area contributed by atoms with Gasteiger partial charge in [0.2, 0.25) is 0 Å². The van der Waals surface area contributed by atoms with E-state index in [-0.39, 0.29) is 17.7 Å². The molecule has 0 aliphatic rings. The van der Waals surface area contributed by atoms with Gasteiger partial charge in [-0.15, -0.1) is 0 Å². The van der Waals surface area contributed by atoms with Crippen LogP contribution in [0, 0.1) is 0 Å². The van der Waals surface area contributed by atoms with Crippen molar-refractivity contribution in [2.24, 2.45) is 0 Å². The summed E-state index contributed by atoms with van der Waals surface area (Å²) in [5, 5.41) is 8.51. The number of nitrogens with zero attached hydrogens (tertiary/aromatic N) is 1.